The van der Waals surface area contributed by atoms with Crippen LogP contribution in [0.1, 0.15) is 37.8 Å². The van der Waals surface area contributed by atoms with E-state index in [2.05, 4.69) is 43.9 Å². The predicted octanol–water partition coefficient (Wildman–Crippen LogP) is 5.19. The number of anilines is 5. The van der Waals surface area contributed by atoms with Gasteiger partial charge in [-0.15, -0.1) is 0 Å². The third-order valence-corrected chi connectivity index (χ3v) is 8.16. The summed E-state index contributed by atoms with van der Waals surface area (Å²) in [5, 5.41) is 7.75. The van der Waals surface area contributed by atoms with Crippen molar-refractivity contribution < 1.29 is 23.1 Å². The molecule has 2 N–H and O–H groups in total. The number of amides is 1. The molecular weight excluding hydrogens is 556 g/mol. The Hall–Kier alpha value is -4.29. The van der Waals surface area contributed by atoms with E-state index in [0.29, 0.717) is 53.4 Å². The summed E-state index contributed by atoms with van der Waals surface area (Å²) in [4.78, 5) is 31.8. The van der Waals surface area contributed by atoms with Gasteiger partial charge in [-0.2, -0.15) is 0 Å². The van der Waals surface area contributed by atoms with Gasteiger partial charge in [0.05, 0.1) is 36.8 Å². The van der Waals surface area contributed by atoms with Crippen molar-refractivity contribution in [1.29, 1.82) is 0 Å². The average Bonchev–Trinajstić information content (AvgIpc) is 3.74. The highest BCUT2D eigenvalue weighted by molar-refractivity contribution is 6.02. The summed E-state index contributed by atoms with van der Waals surface area (Å²) in [7, 11) is 1.59. The van der Waals surface area contributed by atoms with Gasteiger partial charge in [-0.1, -0.05) is 12.6 Å². The number of halogens is 2. The van der Waals surface area contributed by atoms with Crippen LogP contribution in [-0.4, -0.2) is 66.2 Å². The number of carbonyl (C=O) groups excluding carboxylic acids is 1. The van der Waals surface area contributed by atoms with Crippen LogP contribution in [0.2, 0.25) is 0 Å². The SMILES string of the molecule is C=CC(=O)Nc1cc(Nc2cc(N3OCC[C@@H]3c3ccc(F)cc3F)ncn2)c(OC)cc1N1CCN(C2CC2)C[C@H]1C. The smallest absolute Gasteiger partial charge is 0.247 e. The van der Waals surface area contributed by atoms with Crippen molar-refractivity contribution in [2.45, 2.75) is 44.3 Å². The quantitative estimate of drug-likeness (QED) is 0.326. The molecule has 6 rings (SSSR count). The van der Waals surface area contributed by atoms with Crippen LogP contribution in [0.15, 0.2) is 55.4 Å². The van der Waals surface area contributed by atoms with Gasteiger partial charge >= 0.3 is 0 Å². The Balaban J connectivity index is 1.28. The minimum atomic E-state index is -0.643. The van der Waals surface area contributed by atoms with Gasteiger partial charge in [0.2, 0.25) is 5.91 Å². The lowest BCUT2D eigenvalue weighted by Crippen LogP contribution is -2.52. The van der Waals surface area contributed by atoms with Crippen LogP contribution in [0, 0.1) is 11.6 Å². The van der Waals surface area contributed by atoms with Crippen molar-refractivity contribution in [3.63, 3.8) is 0 Å². The first-order valence-corrected chi connectivity index (χ1v) is 14.5. The second-order valence-electron chi connectivity index (χ2n) is 11.0. The highest BCUT2D eigenvalue weighted by Gasteiger charge is 2.35. The molecular formula is C31H35F2N7O3. The van der Waals surface area contributed by atoms with Crippen LogP contribution in [-0.2, 0) is 9.63 Å². The number of aromatic nitrogens is 2. The van der Waals surface area contributed by atoms with Gasteiger partial charge in [0.1, 0.15) is 29.5 Å². The molecule has 2 atom stereocenters. The van der Waals surface area contributed by atoms with E-state index in [-0.39, 0.29) is 11.9 Å². The molecule has 2 saturated heterocycles. The zero-order chi connectivity index (χ0) is 30.1. The maximum atomic E-state index is 14.6. The van der Waals surface area contributed by atoms with Gasteiger partial charge in [-0.05, 0) is 38.0 Å². The van der Waals surface area contributed by atoms with E-state index in [1.165, 1.54) is 42.4 Å². The van der Waals surface area contributed by atoms with E-state index in [9.17, 15) is 13.6 Å². The fraction of sp³-hybridized carbons (Fsp3) is 0.387. The monoisotopic (exact) mass is 591 g/mol. The van der Waals surface area contributed by atoms with E-state index in [0.717, 1.165) is 31.4 Å². The Morgan fingerprint density at radius 1 is 1.12 bits per heavy atom. The molecule has 0 unspecified atom stereocenters. The van der Waals surface area contributed by atoms with Crippen LogP contribution in [0.3, 0.4) is 0 Å². The largest absolute Gasteiger partial charge is 0.494 e. The summed E-state index contributed by atoms with van der Waals surface area (Å²) < 4.78 is 33.9. The first-order chi connectivity index (χ1) is 20.8. The number of carbonyl (C=O) groups is 1. The first-order valence-electron chi connectivity index (χ1n) is 14.5. The number of nitrogens with one attached hydrogen (secondary N) is 2. The van der Waals surface area contributed by atoms with Crippen LogP contribution < -0.4 is 25.3 Å². The highest BCUT2D eigenvalue weighted by atomic mass is 19.1. The fourth-order valence-electron chi connectivity index (χ4n) is 5.90. The molecule has 2 aromatic carbocycles. The molecule has 12 heteroatoms. The lowest BCUT2D eigenvalue weighted by molar-refractivity contribution is -0.111. The van der Waals surface area contributed by atoms with Gasteiger partial charge in [0.15, 0.2) is 5.82 Å². The summed E-state index contributed by atoms with van der Waals surface area (Å²) in [6.07, 6.45) is 5.65. The van der Waals surface area contributed by atoms with Crippen LogP contribution >= 0.6 is 0 Å². The average molecular weight is 592 g/mol. The van der Waals surface area contributed by atoms with Gasteiger partial charge in [0.25, 0.3) is 0 Å². The highest BCUT2D eigenvalue weighted by Crippen LogP contribution is 2.41. The van der Waals surface area contributed by atoms with Crippen molar-refractivity contribution in [3.8, 4) is 5.75 Å². The van der Waals surface area contributed by atoms with E-state index < -0.39 is 17.7 Å². The van der Waals surface area contributed by atoms with Gasteiger partial charge in [-0.3, -0.25) is 14.5 Å². The molecule has 1 amide bonds. The maximum absolute atomic E-state index is 14.6. The first kappa shape index (κ1) is 28.8. The maximum Gasteiger partial charge on any atom is 0.247 e. The third kappa shape index (κ3) is 6.11. The third-order valence-electron chi connectivity index (χ3n) is 8.16. The molecule has 3 heterocycles. The van der Waals surface area contributed by atoms with Crippen molar-refractivity contribution in [3.05, 3.63) is 72.6 Å². The Labute approximate surface area is 249 Å². The van der Waals surface area contributed by atoms with E-state index in [4.69, 9.17) is 9.57 Å². The molecule has 3 fully saturated rings. The van der Waals surface area contributed by atoms with E-state index in [1.807, 2.05) is 12.1 Å². The number of rotatable bonds is 9. The standard InChI is InChI=1S/C31H35F2N7O3/c1-4-31(41)37-24-14-25(28(42-3)15-27(24)39-11-10-38(17-19(39)2)21-6-7-21)36-29-16-30(35-18-34-29)40-26(9-12-43-40)22-8-5-20(32)13-23(22)33/h4-5,8,13-16,18-19,21,26H,1,6-7,9-12,17H2,2-3H3,(H,37,41)(H,34,35,36)/t19-,26-/m1/s1. The summed E-state index contributed by atoms with van der Waals surface area (Å²) in [6, 6.07) is 9.38. The normalized spacial score (nSPS) is 20.7. The second-order valence-corrected chi connectivity index (χ2v) is 11.0. The lowest BCUT2D eigenvalue weighted by Gasteiger charge is -2.42. The van der Waals surface area contributed by atoms with Crippen molar-refractivity contribution >= 4 is 34.6 Å². The van der Waals surface area contributed by atoms with Gasteiger partial charge < -0.3 is 20.3 Å². The summed E-state index contributed by atoms with van der Waals surface area (Å²) in [5.74, 6) is -0.212. The van der Waals surface area contributed by atoms with Crippen LogP contribution in [0.5, 0.6) is 5.75 Å². The molecule has 10 nitrogen and oxygen atoms in total. The minimum absolute atomic E-state index is 0.237. The number of methoxy groups -OCH3 is 1. The lowest BCUT2D eigenvalue weighted by atomic mass is 10.0. The van der Waals surface area contributed by atoms with Crippen LogP contribution in [0.4, 0.5) is 37.5 Å². The number of hydrogen-bond donors (Lipinski definition) is 2. The molecule has 1 aliphatic carbocycles. The number of piperazine rings is 1. The van der Waals surface area contributed by atoms with Crippen molar-refractivity contribution in [2.75, 3.05) is 53.9 Å². The number of nitrogens with zero attached hydrogens (tertiary/aromatic N) is 5. The summed E-state index contributed by atoms with van der Waals surface area (Å²) in [6.45, 7) is 8.89. The minimum Gasteiger partial charge on any atom is -0.494 e. The Morgan fingerprint density at radius 3 is 2.67 bits per heavy atom. The van der Waals surface area contributed by atoms with Crippen LogP contribution in [0.25, 0.3) is 0 Å². The van der Waals surface area contributed by atoms with Gasteiger partial charge in [-0.25, -0.2) is 23.8 Å². The zero-order valence-electron chi connectivity index (χ0n) is 24.2. The molecule has 3 aromatic rings. The van der Waals surface area contributed by atoms with Crippen molar-refractivity contribution in [2.24, 2.45) is 0 Å². The Kier molecular flexibility index (Phi) is 8.13. The van der Waals surface area contributed by atoms with Gasteiger partial charge in [0, 0.05) is 61.9 Å². The molecule has 0 bridgehead atoms. The van der Waals surface area contributed by atoms with E-state index in [1.54, 1.807) is 13.2 Å². The molecule has 3 aliphatic rings. The number of benzene rings is 2. The molecule has 43 heavy (non-hydrogen) atoms. The topological polar surface area (TPSA) is 95.1 Å². The Bertz CT molecular complexity index is 1520. The molecule has 0 radical (unpaired) electrons. The Morgan fingerprint density at radius 2 is 1.95 bits per heavy atom. The molecule has 226 valence electrons. The molecule has 0 spiro atoms. The second kappa shape index (κ2) is 12.1. The van der Waals surface area contributed by atoms with E-state index >= 15 is 0 Å². The number of hydroxylamine groups is 1. The summed E-state index contributed by atoms with van der Waals surface area (Å²) >= 11 is 0. The summed E-state index contributed by atoms with van der Waals surface area (Å²) in [5.41, 5.74) is 2.37. The molecule has 1 aromatic heterocycles. The molecule has 2 aliphatic heterocycles. The zero-order valence-corrected chi connectivity index (χ0v) is 24.2. The van der Waals surface area contributed by atoms with Crippen molar-refractivity contribution in [1.82, 2.24) is 14.9 Å². The fourth-order valence-corrected chi connectivity index (χ4v) is 5.90. The number of ether oxygens (including phenoxy) is 1. The predicted molar refractivity (Wildman–Crippen MR) is 161 cm³/mol. The number of hydrogen-bond acceptors (Lipinski definition) is 9. The molecule has 1 saturated carbocycles.